The van der Waals surface area contributed by atoms with Gasteiger partial charge < -0.3 is 9.97 Å². The Hall–Kier alpha value is -2.37. The van der Waals surface area contributed by atoms with Gasteiger partial charge in [-0.2, -0.15) is 0 Å². The number of amides is 1. The zero-order valence-electron chi connectivity index (χ0n) is 8.57. The number of pyridine rings is 1. The number of imidazole rings is 1. The lowest BCUT2D eigenvalue weighted by molar-refractivity contribution is 0.102. The number of H-pyrrole nitrogens is 2. The van der Waals surface area contributed by atoms with Crippen molar-refractivity contribution in [3.63, 3.8) is 0 Å². The van der Waals surface area contributed by atoms with Crippen LogP contribution in [-0.2, 0) is 0 Å². The minimum absolute atomic E-state index is 0.0574. The van der Waals surface area contributed by atoms with Crippen LogP contribution in [0.4, 0.5) is 5.95 Å². The molecular formula is C10H10N4O2. The molecule has 0 saturated heterocycles. The number of nitrogens with one attached hydrogen (secondary N) is 3. The van der Waals surface area contributed by atoms with Gasteiger partial charge in [0.05, 0.1) is 0 Å². The number of aryl methyl sites for hydroxylation is 1. The number of hydrogen-bond acceptors (Lipinski definition) is 3. The number of aromatic amines is 2. The molecule has 0 aliphatic heterocycles. The Labute approximate surface area is 90.7 Å². The first-order chi connectivity index (χ1) is 7.66. The highest BCUT2D eigenvalue weighted by Crippen LogP contribution is 1.99. The van der Waals surface area contributed by atoms with Gasteiger partial charge in [-0.3, -0.25) is 14.9 Å². The van der Waals surface area contributed by atoms with E-state index in [0.29, 0.717) is 11.6 Å². The average Bonchev–Trinajstić information content (AvgIpc) is 2.70. The summed E-state index contributed by atoms with van der Waals surface area (Å²) in [6, 6.07) is 1.37. The molecular weight excluding hydrogens is 208 g/mol. The maximum absolute atomic E-state index is 11.7. The molecule has 0 unspecified atom stereocenters. The van der Waals surface area contributed by atoms with Crippen LogP contribution in [0.5, 0.6) is 0 Å². The van der Waals surface area contributed by atoms with Crippen molar-refractivity contribution in [2.75, 3.05) is 5.32 Å². The van der Waals surface area contributed by atoms with E-state index in [-0.39, 0.29) is 11.0 Å². The number of carbonyl (C=O) groups is 1. The van der Waals surface area contributed by atoms with Crippen molar-refractivity contribution in [3.8, 4) is 0 Å². The summed E-state index contributed by atoms with van der Waals surface area (Å²) in [6.07, 6.45) is 4.47. The third-order valence-electron chi connectivity index (χ3n) is 2.03. The number of aromatic nitrogens is 3. The quantitative estimate of drug-likeness (QED) is 0.691. The number of carbonyl (C=O) groups excluding carboxylic acids is 1. The highest BCUT2D eigenvalue weighted by molar-refractivity contribution is 6.02. The number of rotatable bonds is 2. The van der Waals surface area contributed by atoms with E-state index in [4.69, 9.17) is 0 Å². The van der Waals surface area contributed by atoms with Crippen molar-refractivity contribution < 1.29 is 4.79 Å². The van der Waals surface area contributed by atoms with E-state index in [1.165, 1.54) is 18.5 Å². The Bertz CT molecular complexity index is 556. The van der Waals surface area contributed by atoms with E-state index in [0.717, 1.165) is 0 Å². The minimum Gasteiger partial charge on any atom is -0.364 e. The lowest BCUT2D eigenvalue weighted by atomic mass is 10.2. The molecule has 6 heteroatoms. The van der Waals surface area contributed by atoms with Gasteiger partial charge in [0.2, 0.25) is 5.95 Å². The van der Waals surface area contributed by atoms with Gasteiger partial charge in [-0.1, -0.05) is 0 Å². The molecule has 2 heterocycles. The predicted octanol–water partition coefficient (Wildman–Crippen LogP) is 0.659. The van der Waals surface area contributed by atoms with Gasteiger partial charge in [0.1, 0.15) is 5.56 Å². The van der Waals surface area contributed by atoms with Crippen LogP contribution >= 0.6 is 0 Å². The van der Waals surface area contributed by atoms with E-state index in [2.05, 4.69) is 20.3 Å². The minimum atomic E-state index is -0.490. The summed E-state index contributed by atoms with van der Waals surface area (Å²) in [5.74, 6) is -0.179. The first kappa shape index (κ1) is 10.2. The zero-order chi connectivity index (χ0) is 11.5. The molecule has 1 amide bonds. The van der Waals surface area contributed by atoms with Crippen LogP contribution in [0.2, 0.25) is 0 Å². The highest BCUT2D eigenvalue weighted by atomic mass is 16.2. The second-order valence-corrected chi connectivity index (χ2v) is 3.29. The lowest BCUT2D eigenvalue weighted by Gasteiger charge is -2.01. The van der Waals surface area contributed by atoms with E-state index in [1.807, 2.05) is 0 Å². The molecule has 0 aliphatic carbocycles. The van der Waals surface area contributed by atoms with E-state index in [1.54, 1.807) is 13.1 Å². The molecule has 2 rings (SSSR count). The first-order valence-electron chi connectivity index (χ1n) is 4.67. The van der Waals surface area contributed by atoms with Crippen LogP contribution < -0.4 is 10.7 Å². The van der Waals surface area contributed by atoms with Gasteiger partial charge in [0.25, 0.3) is 5.91 Å². The maximum Gasteiger partial charge on any atom is 0.263 e. The molecule has 2 aromatic heterocycles. The van der Waals surface area contributed by atoms with Crippen LogP contribution in [0.3, 0.4) is 0 Å². The molecule has 6 nitrogen and oxygen atoms in total. The van der Waals surface area contributed by atoms with Crippen LogP contribution in [0.1, 0.15) is 16.1 Å². The fourth-order valence-electron chi connectivity index (χ4n) is 1.26. The summed E-state index contributed by atoms with van der Waals surface area (Å²) in [4.78, 5) is 32.5. The van der Waals surface area contributed by atoms with Crippen molar-refractivity contribution in [1.82, 2.24) is 15.0 Å². The van der Waals surface area contributed by atoms with E-state index in [9.17, 15) is 9.59 Å². The molecule has 3 N–H and O–H groups in total. The highest BCUT2D eigenvalue weighted by Gasteiger charge is 2.10. The molecule has 0 bridgehead atoms. The van der Waals surface area contributed by atoms with E-state index < -0.39 is 5.91 Å². The van der Waals surface area contributed by atoms with Crippen molar-refractivity contribution in [2.45, 2.75) is 6.92 Å². The largest absolute Gasteiger partial charge is 0.364 e. The molecule has 0 atom stereocenters. The van der Waals surface area contributed by atoms with Crippen LogP contribution in [0.25, 0.3) is 0 Å². The Morgan fingerprint density at radius 2 is 2.25 bits per heavy atom. The van der Waals surface area contributed by atoms with Gasteiger partial charge in [-0.25, -0.2) is 4.98 Å². The second kappa shape index (κ2) is 4.01. The average molecular weight is 218 g/mol. The van der Waals surface area contributed by atoms with Gasteiger partial charge in [0.15, 0.2) is 5.43 Å². The third kappa shape index (κ3) is 2.00. The van der Waals surface area contributed by atoms with Crippen LogP contribution in [-0.4, -0.2) is 20.9 Å². The normalized spacial score (nSPS) is 10.1. The number of nitrogens with zero attached hydrogens (tertiary/aromatic N) is 1. The van der Waals surface area contributed by atoms with Crippen molar-refractivity contribution in [1.29, 1.82) is 0 Å². The molecule has 82 valence electrons. The Balaban J connectivity index is 2.25. The molecule has 0 radical (unpaired) electrons. The first-order valence-corrected chi connectivity index (χ1v) is 4.67. The third-order valence-corrected chi connectivity index (χ3v) is 2.03. The van der Waals surface area contributed by atoms with Crippen LogP contribution in [0, 0.1) is 6.92 Å². The molecule has 0 saturated carbocycles. The summed E-state index contributed by atoms with van der Waals surface area (Å²) < 4.78 is 0. The maximum atomic E-state index is 11.7. The SMILES string of the molecule is Cc1cc(=O)c(C(=O)Nc2ncc[nH]2)c[nH]1. The summed E-state index contributed by atoms with van der Waals surface area (Å²) in [5, 5.41) is 2.47. The fourth-order valence-corrected chi connectivity index (χ4v) is 1.26. The smallest absolute Gasteiger partial charge is 0.263 e. The molecule has 0 spiro atoms. The Morgan fingerprint density at radius 3 is 2.88 bits per heavy atom. The standard InChI is InChI=1S/C10H10N4O2/c1-6-4-8(15)7(5-13-6)9(16)14-10-11-2-3-12-10/h2-5H,1H3,(H,13,15)(H2,11,12,14,16). The molecule has 16 heavy (non-hydrogen) atoms. The lowest BCUT2D eigenvalue weighted by Crippen LogP contribution is -2.22. The molecule has 0 fully saturated rings. The predicted molar refractivity (Wildman–Crippen MR) is 58.3 cm³/mol. The summed E-state index contributed by atoms with van der Waals surface area (Å²) >= 11 is 0. The van der Waals surface area contributed by atoms with E-state index >= 15 is 0 Å². The second-order valence-electron chi connectivity index (χ2n) is 3.29. The summed E-state index contributed by atoms with van der Waals surface area (Å²) in [7, 11) is 0. The van der Waals surface area contributed by atoms with Gasteiger partial charge in [0, 0.05) is 30.4 Å². The van der Waals surface area contributed by atoms with Gasteiger partial charge in [-0.05, 0) is 6.92 Å². The summed E-state index contributed by atoms with van der Waals surface area (Å²) in [6.45, 7) is 1.75. The Morgan fingerprint density at radius 1 is 1.44 bits per heavy atom. The van der Waals surface area contributed by atoms with Crippen molar-refractivity contribution in [3.05, 3.63) is 46.1 Å². The monoisotopic (exact) mass is 218 g/mol. The topological polar surface area (TPSA) is 90.6 Å². The fraction of sp³-hybridized carbons (Fsp3) is 0.100. The van der Waals surface area contributed by atoms with Crippen LogP contribution in [0.15, 0.2) is 29.5 Å². The zero-order valence-corrected chi connectivity index (χ0v) is 8.57. The van der Waals surface area contributed by atoms with Gasteiger partial charge in [-0.15, -0.1) is 0 Å². The Kier molecular flexibility index (Phi) is 2.55. The molecule has 0 aliphatic rings. The number of hydrogen-bond donors (Lipinski definition) is 3. The molecule has 2 aromatic rings. The summed E-state index contributed by atoms with van der Waals surface area (Å²) in [5.41, 5.74) is 0.446. The number of anilines is 1. The van der Waals surface area contributed by atoms with Crippen molar-refractivity contribution >= 4 is 11.9 Å². The molecule has 0 aromatic carbocycles. The van der Waals surface area contributed by atoms with Gasteiger partial charge >= 0.3 is 0 Å². The van der Waals surface area contributed by atoms with Crippen molar-refractivity contribution in [2.24, 2.45) is 0 Å².